The molecular formula is C16H24N2O2. The average Bonchev–Trinajstić information content (AvgIpc) is 2.99. The zero-order chi connectivity index (χ0) is 14.4. The number of rotatable bonds is 6. The maximum absolute atomic E-state index is 12.0. The van der Waals surface area contributed by atoms with Crippen molar-refractivity contribution in [2.45, 2.75) is 38.6 Å². The van der Waals surface area contributed by atoms with Gasteiger partial charge < -0.3 is 15.4 Å². The van der Waals surface area contributed by atoms with Crippen LogP contribution in [0.3, 0.4) is 0 Å². The van der Waals surface area contributed by atoms with E-state index in [2.05, 4.69) is 17.6 Å². The van der Waals surface area contributed by atoms with Gasteiger partial charge in [-0.1, -0.05) is 25.0 Å². The van der Waals surface area contributed by atoms with Crippen molar-refractivity contribution in [2.24, 2.45) is 5.92 Å². The highest BCUT2D eigenvalue weighted by Crippen LogP contribution is 2.27. The van der Waals surface area contributed by atoms with E-state index < -0.39 is 0 Å². The monoisotopic (exact) mass is 276 g/mol. The molecular weight excluding hydrogens is 252 g/mol. The Labute approximate surface area is 120 Å². The molecule has 2 rings (SSSR count). The standard InChI is InChI=1S/C16H24N2O2/c1-12(13-7-3-4-8-13)17-11-16(19)18-14-9-5-6-10-15(14)20-2/h5-6,9-10,12-13,17H,3-4,7-8,11H2,1-2H3,(H,18,19)/t12-/m1/s1. The normalized spacial score (nSPS) is 16.9. The van der Waals surface area contributed by atoms with Crippen LogP contribution in [0.5, 0.6) is 5.75 Å². The molecule has 4 nitrogen and oxygen atoms in total. The van der Waals surface area contributed by atoms with Crippen LogP contribution in [-0.4, -0.2) is 25.6 Å². The van der Waals surface area contributed by atoms with E-state index in [4.69, 9.17) is 4.74 Å². The van der Waals surface area contributed by atoms with Crippen molar-refractivity contribution in [3.05, 3.63) is 24.3 Å². The number of methoxy groups -OCH3 is 1. The Morgan fingerprint density at radius 1 is 1.35 bits per heavy atom. The Hall–Kier alpha value is -1.55. The largest absolute Gasteiger partial charge is 0.495 e. The van der Waals surface area contributed by atoms with E-state index in [1.165, 1.54) is 25.7 Å². The summed E-state index contributed by atoms with van der Waals surface area (Å²) in [4.78, 5) is 12.0. The number of amides is 1. The molecule has 110 valence electrons. The van der Waals surface area contributed by atoms with Crippen LogP contribution in [0.15, 0.2) is 24.3 Å². The van der Waals surface area contributed by atoms with Gasteiger partial charge in [-0.25, -0.2) is 0 Å². The van der Waals surface area contributed by atoms with Gasteiger partial charge in [0.2, 0.25) is 5.91 Å². The fourth-order valence-electron chi connectivity index (χ4n) is 2.82. The molecule has 0 heterocycles. The fraction of sp³-hybridized carbons (Fsp3) is 0.562. The topological polar surface area (TPSA) is 50.4 Å². The second-order valence-corrected chi connectivity index (χ2v) is 5.46. The van der Waals surface area contributed by atoms with Crippen LogP contribution in [0.2, 0.25) is 0 Å². The van der Waals surface area contributed by atoms with Crippen molar-refractivity contribution in [3.8, 4) is 5.75 Å². The first-order chi connectivity index (χ1) is 9.70. The van der Waals surface area contributed by atoms with Crippen LogP contribution in [0, 0.1) is 5.92 Å². The predicted octanol–water partition coefficient (Wildman–Crippen LogP) is 2.80. The van der Waals surface area contributed by atoms with Gasteiger partial charge >= 0.3 is 0 Å². The van der Waals surface area contributed by atoms with Crippen molar-refractivity contribution in [2.75, 3.05) is 19.0 Å². The van der Waals surface area contributed by atoms with Gasteiger partial charge in [-0.05, 0) is 37.8 Å². The van der Waals surface area contributed by atoms with Crippen LogP contribution >= 0.6 is 0 Å². The molecule has 1 aromatic carbocycles. The second kappa shape index (κ2) is 7.29. The average molecular weight is 276 g/mol. The summed E-state index contributed by atoms with van der Waals surface area (Å²) in [7, 11) is 1.60. The van der Waals surface area contributed by atoms with Gasteiger partial charge in [-0.15, -0.1) is 0 Å². The summed E-state index contributed by atoms with van der Waals surface area (Å²) >= 11 is 0. The fourth-order valence-corrected chi connectivity index (χ4v) is 2.82. The Balaban J connectivity index is 1.80. The van der Waals surface area contributed by atoms with Crippen molar-refractivity contribution in [3.63, 3.8) is 0 Å². The molecule has 1 atom stereocenters. The highest BCUT2D eigenvalue weighted by Gasteiger charge is 2.21. The Morgan fingerprint density at radius 3 is 2.75 bits per heavy atom. The maximum Gasteiger partial charge on any atom is 0.238 e. The van der Waals surface area contributed by atoms with Crippen LogP contribution in [0.4, 0.5) is 5.69 Å². The lowest BCUT2D eigenvalue weighted by molar-refractivity contribution is -0.115. The minimum absolute atomic E-state index is 0.0284. The van der Waals surface area contributed by atoms with Gasteiger partial charge in [0.05, 0.1) is 19.3 Å². The molecule has 1 fully saturated rings. The molecule has 1 aromatic rings. The number of hydrogen-bond donors (Lipinski definition) is 2. The van der Waals surface area contributed by atoms with Gasteiger partial charge in [0.1, 0.15) is 5.75 Å². The van der Waals surface area contributed by atoms with Gasteiger partial charge in [0.15, 0.2) is 0 Å². The van der Waals surface area contributed by atoms with E-state index in [0.717, 1.165) is 5.69 Å². The number of nitrogens with one attached hydrogen (secondary N) is 2. The van der Waals surface area contributed by atoms with Crippen molar-refractivity contribution < 1.29 is 9.53 Å². The van der Waals surface area contributed by atoms with E-state index >= 15 is 0 Å². The van der Waals surface area contributed by atoms with Gasteiger partial charge in [-0.2, -0.15) is 0 Å². The van der Waals surface area contributed by atoms with Crippen molar-refractivity contribution >= 4 is 11.6 Å². The Kier molecular flexibility index (Phi) is 5.41. The summed E-state index contributed by atoms with van der Waals surface area (Å²) in [5.41, 5.74) is 0.718. The molecule has 1 amide bonds. The third kappa shape index (κ3) is 3.97. The quantitative estimate of drug-likeness (QED) is 0.840. The zero-order valence-corrected chi connectivity index (χ0v) is 12.3. The number of para-hydroxylation sites is 2. The van der Waals surface area contributed by atoms with Crippen molar-refractivity contribution in [1.82, 2.24) is 5.32 Å². The number of benzene rings is 1. The van der Waals surface area contributed by atoms with Crippen molar-refractivity contribution in [1.29, 1.82) is 0 Å². The first-order valence-electron chi connectivity index (χ1n) is 7.37. The van der Waals surface area contributed by atoms with E-state index in [0.29, 0.717) is 24.3 Å². The van der Waals surface area contributed by atoms with Crippen LogP contribution in [0.25, 0.3) is 0 Å². The molecule has 0 spiro atoms. The molecule has 2 N–H and O–H groups in total. The van der Waals surface area contributed by atoms with Gasteiger partial charge in [0, 0.05) is 6.04 Å². The van der Waals surface area contributed by atoms with Crippen LogP contribution in [-0.2, 0) is 4.79 Å². The zero-order valence-electron chi connectivity index (χ0n) is 12.3. The highest BCUT2D eigenvalue weighted by atomic mass is 16.5. The molecule has 1 saturated carbocycles. The van der Waals surface area contributed by atoms with E-state index in [1.54, 1.807) is 7.11 Å². The Morgan fingerprint density at radius 2 is 2.05 bits per heavy atom. The molecule has 1 aliphatic rings. The van der Waals surface area contributed by atoms with Gasteiger partial charge in [-0.3, -0.25) is 4.79 Å². The Bertz CT molecular complexity index is 442. The minimum atomic E-state index is -0.0284. The van der Waals surface area contributed by atoms with E-state index in [9.17, 15) is 4.79 Å². The lowest BCUT2D eigenvalue weighted by Gasteiger charge is -2.20. The summed E-state index contributed by atoms with van der Waals surface area (Å²) in [6.45, 7) is 2.52. The molecule has 1 aliphatic carbocycles. The number of carbonyl (C=O) groups excluding carboxylic acids is 1. The molecule has 0 radical (unpaired) electrons. The van der Waals surface area contributed by atoms with Gasteiger partial charge in [0.25, 0.3) is 0 Å². The third-order valence-corrected chi connectivity index (χ3v) is 4.07. The van der Waals surface area contributed by atoms with Crippen LogP contribution in [0.1, 0.15) is 32.6 Å². The maximum atomic E-state index is 12.0. The molecule has 0 aromatic heterocycles. The number of ether oxygens (including phenoxy) is 1. The second-order valence-electron chi connectivity index (χ2n) is 5.46. The summed E-state index contributed by atoms with van der Waals surface area (Å²) < 4.78 is 5.22. The van der Waals surface area contributed by atoms with E-state index in [-0.39, 0.29) is 5.91 Å². The van der Waals surface area contributed by atoms with Crippen LogP contribution < -0.4 is 15.4 Å². The summed E-state index contributed by atoms with van der Waals surface area (Å²) in [5, 5.41) is 6.21. The molecule has 0 aliphatic heterocycles. The summed E-state index contributed by atoms with van der Waals surface area (Å²) in [6.07, 6.45) is 5.21. The SMILES string of the molecule is COc1ccccc1NC(=O)CN[C@H](C)C1CCCC1. The number of anilines is 1. The third-order valence-electron chi connectivity index (χ3n) is 4.07. The molecule has 4 heteroatoms. The summed E-state index contributed by atoms with van der Waals surface area (Å²) in [5.74, 6) is 1.37. The summed E-state index contributed by atoms with van der Waals surface area (Å²) in [6, 6.07) is 7.85. The first kappa shape index (κ1) is 14.9. The number of carbonyl (C=O) groups is 1. The van der Waals surface area contributed by atoms with E-state index in [1.807, 2.05) is 24.3 Å². The lowest BCUT2D eigenvalue weighted by atomic mass is 10.00. The minimum Gasteiger partial charge on any atom is -0.495 e. The molecule has 0 bridgehead atoms. The molecule has 0 saturated heterocycles. The lowest BCUT2D eigenvalue weighted by Crippen LogP contribution is -2.38. The smallest absolute Gasteiger partial charge is 0.238 e. The molecule has 0 unspecified atom stereocenters. The highest BCUT2D eigenvalue weighted by molar-refractivity contribution is 5.93. The molecule has 20 heavy (non-hydrogen) atoms. The predicted molar refractivity (Wildman–Crippen MR) is 81.0 cm³/mol. The number of hydrogen-bond acceptors (Lipinski definition) is 3. The first-order valence-corrected chi connectivity index (χ1v) is 7.37.